The average molecular weight is 296 g/mol. The van der Waals surface area contributed by atoms with Crippen LogP contribution < -0.4 is 16.2 Å². The van der Waals surface area contributed by atoms with Gasteiger partial charge in [0.2, 0.25) is 0 Å². The summed E-state index contributed by atoms with van der Waals surface area (Å²) >= 11 is 0. The Morgan fingerprint density at radius 3 is 2.43 bits per heavy atom. The smallest absolute Gasteiger partial charge is 0.329 e. The number of benzene rings is 1. The van der Waals surface area contributed by atoms with Crippen molar-refractivity contribution < 1.29 is 13.2 Å². The van der Waals surface area contributed by atoms with Gasteiger partial charge in [-0.3, -0.25) is 0 Å². The fourth-order valence-corrected chi connectivity index (χ4v) is 1.99. The summed E-state index contributed by atoms with van der Waals surface area (Å²) in [7, 11) is 1.66. The van der Waals surface area contributed by atoms with Crippen LogP contribution in [0.3, 0.4) is 0 Å². The van der Waals surface area contributed by atoms with Gasteiger partial charge in [-0.05, 0) is 30.7 Å². The highest BCUT2D eigenvalue weighted by Gasteiger charge is 2.32. The number of rotatable bonds is 3. The number of pyridine rings is 1. The molecule has 1 heterocycles. The van der Waals surface area contributed by atoms with Crippen molar-refractivity contribution in [2.45, 2.75) is 13.1 Å². The number of nitrogen functional groups attached to an aromatic ring is 1. The maximum absolute atomic E-state index is 12.9. The summed E-state index contributed by atoms with van der Waals surface area (Å²) in [6.45, 7) is 1.88. The van der Waals surface area contributed by atoms with E-state index < -0.39 is 11.7 Å². The minimum absolute atomic E-state index is 0.0414. The van der Waals surface area contributed by atoms with E-state index in [0.717, 1.165) is 23.4 Å². The molecule has 0 aliphatic heterocycles. The van der Waals surface area contributed by atoms with Crippen molar-refractivity contribution in [3.05, 3.63) is 47.5 Å². The van der Waals surface area contributed by atoms with E-state index in [1.54, 1.807) is 11.9 Å². The lowest BCUT2D eigenvalue weighted by atomic mass is 10.1. The molecule has 112 valence electrons. The fourth-order valence-electron chi connectivity index (χ4n) is 1.99. The Bertz CT molecular complexity index is 640. The van der Waals surface area contributed by atoms with Crippen LogP contribution in [0.5, 0.6) is 0 Å². The molecule has 4 nitrogen and oxygen atoms in total. The minimum Gasteiger partial charge on any atom is -0.329 e. The molecule has 0 unspecified atom stereocenters. The van der Waals surface area contributed by atoms with Gasteiger partial charge in [-0.25, -0.2) is 10.8 Å². The first-order valence-electron chi connectivity index (χ1n) is 6.18. The summed E-state index contributed by atoms with van der Waals surface area (Å²) in [6.07, 6.45) is -4.46. The van der Waals surface area contributed by atoms with Crippen LogP contribution in [0.1, 0.15) is 11.1 Å². The maximum Gasteiger partial charge on any atom is 0.416 e. The molecule has 2 rings (SSSR count). The molecule has 7 heteroatoms. The van der Waals surface area contributed by atoms with Crippen molar-refractivity contribution in [2.24, 2.45) is 5.84 Å². The van der Waals surface area contributed by atoms with Gasteiger partial charge in [-0.2, -0.15) is 13.2 Å². The number of nitrogens with two attached hydrogens (primary N) is 1. The second-order valence-corrected chi connectivity index (χ2v) is 4.59. The number of aryl methyl sites for hydroxylation is 1. The lowest BCUT2D eigenvalue weighted by Crippen LogP contribution is -2.17. The predicted molar refractivity (Wildman–Crippen MR) is 76.3 cm³/mol. The molecule has 0 spiro atoms. The van der Waals surface area contributed by atoms with Crippen LogP contribution in [0.4, 0.5) is 30.5 Å². The highest BCUT2D eigenvalue weighted by molar-refractivity contribution is 5.65. The van der Waals surface area contributed by atoms with Crippen molar-refractivity contribution in [3.8, 4) is 0 Å². The average Bonchev–Trinajstić information content (AvgIpc) is 2.45. The Hall–Kier alpha value is -2.28. The first-order chi connectivity index (χ1) is 9.82. The summed E-state index contributed by atoms with van der Waals surface area (Å²) in [6, 6.07) is 9.23. The molecule has 0 atom stereocenters. The summed E-state index contributed by atoms with van der Waals surface area (Å²) in [5.41, 5.74) is 3.06. The van der Waals surface area contributed by atoms with Gasteiger partial charge in [0, 0.05) is 12.7 Å². The highest BCUT2D eigenvalue weighted by Crippen LogP contribution is 2.34. The highest BCUT2D eigenvalue weighted by atomic mass is 19.4. The fraction of sp³-hybridized carbons (Fsp3) is 0.214. The predicted octanol–water partition coefficient (Wildman–Crippen LogP) is 3.46. The zero-order chi connectivity index (χ0) is 15.6. The number of nitrogens with zero attached hydrogens (tertiary/aromatic N) is 2. The molecular formula is C14H15F3N4. The molecule has 0 saturated carbocycles. The van der Waals surface area contributed by atoms with E-state index in [1.165, 1.54) is 0 Å². The van der Waals surface area contributed by atoms with Gasteiger partial charge in [0.05, 0.1) is 5.56 Å². The Balaban J connectivity index is 2.51. The van der Waals surface area contributed by atoms with Crippen molar-refractivity contribution in [3.63, 3.8) is 0 Å². The van der Waals surface area contributed by atoms with Gasteiger partial charge in [0.1, 0.15) is 11.6 Å². The van der Waals surface area contributed by atoms with Gasteiger partial charge < -0.3 is 10.3 Å². The second kappa shape index (κ2) is 5.61. The molecule has 0 saturated heterocycles. The Labute approximate surface area is 120 Å². The third-order valence-corrected chi connectivity index (χ3v) is 3.11. The van der Waals surface area contributed by atoms with E-state index in [-0.39, 0.29) is 11.6 Å². The second-order valence-electron chi connectivity index (χ2n) is 4.59. The number of hydrogen-bond acceptors (Lipinski definition) is 4. The van der Waals surface area contributed by atoms with Crippen molar-refractivity contribution >= 4 is 17.3 Å². The largest absolute Gasteiger partial charge is 0.416 e. The third-order valence-electron chi connectivity index (χ3n) is 3.11. The van der Waals surface area contributed by atoms with Gasteiger partial charge in [0.25, 0.3) is 0 Å². The quantitative estimate of drug-likeness (QED) is 0.673. The van der Waals surface area contributed by atoms with Gasteiger partial charge in [-0.1, -0.05) is 18.2 Å². The standard InChI is InChI=1S/C14H15F3N4/c1-9-5-3-4-6-11(9)21(2)13-8-10(14(15,16)17)7-12(19-13)20-18/h3-8H,18H2,1-2H3,(H,19,20). The van der Waals surface area contributed by atoms with Gasteiger partial charge in [0.15, 0.2) is 0 Å². The molecule has 0 radical (unpaired) electrons. The third kappa shape index (κ3) is 3.25. The first-order valence-corrected chi connectivity index (χ1v) is 6.18. The number of halogens is 3. The molecule has 0 amide bonds. The van der Waals surface area contributed by atoms with Crippen molar-refractivity contribution in [2.75, 3.05) is 17.4 Å². The molecule has 0 bridgehead atoms. The van der Waals surface area contributed by atoms with Crippen LogP contribution in [0, 0.1) is 6.92 Å². The molecule has 1 aromatic carbocycles. The lowest BCUT2D eigenvalue weighted by Gasteiger charge is -2.22. The number of hydrazine groups is 1. The van der Waals surface area contributed by atoms with Crippen LogP contribution >= 0.6 is 0 Å². The van der Waals surface area contributed by atoms with Crippen molar-refractivity contribution in [1.82, 2.24) is 4.98 Å². The monoisotopic (exact) mass is 296 g/mol. The number of nitrogens with one attached hydrogen (secondary N) is 1. The van der Waals surface area contributed by atoms with Gasteiger partial charge >= 0.3 is 6.18 Å². The zero-order valence-electron chi connectivity index (χ0n) is 11.6. The molecule has 3 N–H and O–H groups in total. The van der Waals surface area contributed by atoms with E-state index in [9.17, 15) is 13.2 Å². The molecule has 0 fully saturated rings. The normalized spacial score (nSPS) is 11.3. The van der Waals surface area contributed by atoms with Crippen LogP contribution in [-0.2, 0) is 6.18 Å². The Morgan fingerprint density at radius 2 is 1.86 bits per heavy atom. The SMILES string of the molecule is Cc1ccccc1N(C)c1cc(C(F)(F)F)cc(NN)n1. The molecule has 0 aliphatic carbocycles. The summed E-state index contributed by atoms with van der Waals surface area (Å²) in [4.78, 5) is 5.66. The summed E-state index contributed by atoms with van der Waals surface area (Å²) in [5, 5.41) is 0. The van der Waals surface area contributed by atoms with Crippen LogP contribution in [0.15, 0.2) is 36.4 Å². The molecular weight excluding hydrogens is 281 g/mol. The zero-order valence-corrected chi connectivity index (χ0v) is 11.6. The van der Waals surface area contributed by atoms with E-state index in [2.05, 4.69) is 10.4 Å². The Morgan fingerprint density at radius 1 is 1.19 bits per heavy atom. The maximum atomic E-state index is 12.9. The summed E-state index contributed by atoms with van der Waals surface area (Å²) in [5.74, 6) is 5.32. The lowest BCUT2D eigenvalue weighted by molar-refractivity contribution is -0.137. The number of aromatic nitrogens is 1. The number of alkyl halides is 3. The summed E-state index contributed by atoms with van der Waals surface area (Å²) < 4.78 is 38.7. The Kier molecular flexibility index (Phi) is 4.04. The number of hydrogen-bond donors (Lipinski definition) is 2. The van der Waals surface area contributed by atoms with Crippen molar-refractivity contribution in [1.29, 1.82) is 0 Å². The van der Waals surface area contributed by atoms with Crippen LogP contribution in [0.25, 0.3) is 0 Å². The molecule has 1 aromatic heterocycles. The van der Waals surface area contributed by atoms with Crippen LogP contribution in [0.2, 0.25) is 0 Å². The van der Waals surface area contributed by atoms with E-state index >= 15 is 0 Å². The van der Waals surface area contributed by atoms with E-state index in [4.69, 9.17) is 5.84 Å². The molecule has 21 heavy (non-hydrogen) atoms. The number of anilines is 3. The molecule has 0 aliphatic rings. The molecule has 2 aromatic rings. The van der Waals surface area contributed by atoms with Gasteiger partial charge in [-0.15, -0.1) is 0 Å². The topological polar surface area (TPSA) is 54.2 Å². The van der Waals surface area contributed by atoms with E-state index in [0.29, 0.717) is 0 Å². The number of para-hydroxylation sites is 1. The minimum atomic E-state index is -4.46. The van der Waals surface area contributed by atoms with E-state index in [1.807, 2.05) is 31.2 Å². The first kappa shape index (κ1) is 15.1. The van der Waals surface area contributed by atoms with Crippen LogP contribution in [-0.4, -0.2) is 12.0 Å².